The Morgan fingerprint density at radius 3 is 2.62 bits per heavy atom. The summed E-state index contributed by atoms with van der Waals surface area (Å²) >= 11 is 1.41. The largest absolute Gasteiger partial charge is 0.292 e. The molecule has 4 rings (SSSR count). The van der Waals surface area contributed by atoms with Crippen LogP contribution in [0.15, 0.2) is 61.3 Å². The number of carbonyl (C=O) groups excluding carboxylic acids is 1. The van der Waals surface area contributed by atoms with Crippen molar-refractivity contribution in [3.8, 4) is 21.7 Å². The topological polar surface area (TPSA) is 68.6 Å². The number of thiazole rings is 1. The van der Waals surface area contributed by atoms with Crippen molar-refractivity contribution in [3.63, 3.8) is 0 Å². The lowest BCUT2D eigenvalue weighted by atomic mass is 10.0. The molecule has 0 aromatic carbocycles. The molecule has 6 heteroatoms. The maximum Gasteiger partial charge on any atom is 0.191 e. The van der Waals surface area contributed by atoms with Gasteiger partial charge < -0.3 is 0 Å². The van der Waals surface area contributed by atoms with E-state index in [1.54, 1.807) is 24.8 Å². The number of hydrogen-bond donors (Lipinski definition) is 0. The molecule has 5 nitrogen and oxygen atoms in total. The minimum Gasteiger partial charge on any atom is -0.292 e. The fourth-order valence-electron chi connectivity index (χ4n) is 3.17. The number of aromatic nitrogens is 4. The van der Waals surface area contributed by atoms with Gasteiger partial charge in [0.05, 0.1) is 10.6 Å². The third kappa shape index (κ3) is 4.43. The summed E-state index contributed by atoms with van der Waals surface area (Å²) in [5.41, 5.74) is 6.09. The monoisotopic (exact) mass is 400 g/mol. The van der Waals surface area contributed by atoms with Gasteiger partial charge in [-0.1, -0.05) is 12.1 Å². The van der Waals surface area contributed by atoms with E-state index < -0.39 is 0 Å². The summed E-state index contributed by atoms with van der Waals surface area (Å²) in [4.78, 5) is 30.8. The van der Waals surface area contributed by atoms with E-state index >= 15 is 0 Å². The van der Waals surface area contributed by atoms with E-state index in [1.807, 2.05) is 44.3 Å². The average Bonchev–Trinajstić information content (AvgIpc) is 3.23. The zero-order valence-corrected chi connectivity index (χ0v) is 17.1. The van der Waals surface area contributed by atoms with Crippen LogP contribution in [0, 0.1) is 13.8 Å². The van der Waals surface area contributed by atoms with Crippen LogP contribution < -0.4 is 0 Å². The van der Waals surface area contributed by atoms with Crippen LogP contribution in [0.4, 0.5) is 0 Å². The molecule has 4 heterocycles. The van der Waals surface area contributed by atoms with E-state index in [-0.39, 0.29) is 5.78 Å². The predicted octanol–water partition coefficient (Wildman–Crippen LogP) is 5.09. The fraction of sp³-hybridized carbons (Fsp3) is 0.174. The highest BCUT2D eigenvalue weighted by Crippen LogP contribution is 2.26. The average molecular weight is 401 g/mol. The highest BCUT2D eigenvalue weighted by Gasteiger charge is 2.13. The first-order valence-electron chi connectivity index (χ1n) is 9.38. The molecule has 0 fully saturated rings. The Morgan fingerprint density at radius 1 is 0.966 bits per heavy atom. The molecular weight excluding hydrogens is 380 g/mol. The maximum atomic E-state index is 12.6. The first-order chi connectivity index (χ1) is 14.1. The molecule has 0 bridgehead atoms. The van der Waals surface area contributed by atoms with E-state index in [1.165, 1.54) is 11.3 Å². The summed E-state index contributed by atoms with van der Waals surface area (Å²) in [5.74, 6) is 0.0524. The summed E-state index contributed by atoms with van der Waals surface area (Å²) in [7, 11) is 0. The Labute approximate surface area is 173 Å². The molecule has 0 aliphatic rings. The van der Waals surface area contributed by atoms with Gasteiger partial charge in [-0.15, -0.1) is 11.3 Å². The Balaban J connectivity index is 1.43. The quantitative estimate of drug-likeness (QED) is 0.422. The van der Waals surface area contributed by atoms with Crippen molar-refractivity contribution < 1.29 is 4.79 Å². The Kier molecular flexibility index (Phi) is 5.53. The number of hydrogen-bond acceptors (Lipinski definition) is 6. The molecule has 0 aliphatic heterocycles. The molecule has 0 atom stereocenters. The third-order valence-corrected chi connectivity index (χ3v) is 5.72. The van der Waals surface area contributed by atoms with Crippen LogP contribution >= 0.6 is 11.3 Å². The Bertz CT molecular complexity index is 1150. The highest BCUT2D eigenvalue weighted by atomic mass is 32.1. The fourth-order valence-corrected chi connectivity index (χ4v) is 4.05. The molecule has 4 aromatic rings. The molecule has 0 saturated heterocycles. The lowest BCUT2D eigenvalue weighted by Crippen LogP contribution is -2.01. The Morgan fingerprint density at radius 2 is 1.86 bits per heavy atom. The zero-order valence-electron chi connectivity index (χ0n) is 16.3. The van der Waals surface area contributed by atoms with Gasteiger partial charge in [0.1, 0.15) is 0 Å². The van der Waals surface area contributed by atoms with Gasteiger partial charge >= 0.3 is 0 Å². The van der Waals surface area contributed by atoms with Gasteiger partial charge in [-0.3, -0.25) is 19.7 Å². The second kappa shape index (κ2) is 8.41. The van der Waals surface area contributed by atoms with Gasteiger partial charge in [-0.2, -0.15) is 0 Å². The Hall–Kier alpha value is -3.25. The van der Waals surface area contributed by atoms with Crippen molar-refractivity contribution in [1.29, 1.82) is 0 Å². The molecule has 0 spiro atoms. The minimum absolute atomic E-state index is 0.0524. The molecule has 0 saturated carbocycles. The second-order valence-electron chi connectivity index (χ2n) is 6.89. The summed E-state index contributed by atoms with van der Waals surface area (Å²) in [6, 6.07) is 9.95. The van der Waals surface area contributed by atoms with Crippen LogP contribution in [0.1, 0.15) is 33.0 Å². The van der Waals surface area contributed by atoms with Gasteiger partial charge in [0.15, 0.2) is 10.8 Å². The first kappa shape index (κ1) is 19.1. The van der Waals surface area contributed by atoms with E-state index in [4.69, 9.17) is 0 Å². The molecule has 0 N–H and O–H groups in total. The third-order valence-electron chi connectivity index (χ3n) is 4.64. The first-order valence-corrected chi connectivity index (χ1v) is 10.2. The van der Waals surface area contributed by atoms with E-state index in [2.05, 4.69) is 26.0 Å². The van der Waals surface area contributed by atoms with Crippen LogP contribution in [0.25, 0.3) is 21.7 Å². The standard InChI is InChI=1S/C23H20N4OS/c1-15-10-17(12-26-22(15)18-7-9-25-16(2)11-18)5-6-20(28)23-27-14-21(29-23)19-4-3-8-24-13-19/h3-4,7-14H,5-6H2,1-2H3. The minimum atomic E-state index is 0.0524. The summed E-state index contributed by atoms with van der Waals surface area (Å²) in [6.45, 7) is 4.02. The summed E-state index contributed by atoms with van der Waals surface area (Å²) in [6.07, 6.45) is 9.96. The lowest BCUT2D eigenvalue weighted by molar-refractivity contribution is 0.0982. The smallest absolute Gasteiger partial charge is 0.191 e. The normalized spacial score (nSPS) is 10.8. The molecule has 29 heavy (non-hydrogen) atoms. The van der Waals surface area contributed by atoms with Crippen molar-refractivity contribution in [3.05, 3.63) is 83.1 Å². The maximum absolute atomic E-state index is 12.6. The van der Waals surface area contributed by atoms with Crippen molar-refractivity contribution in [2.24, 2.45) is 0 Å². The zero-order chi connectivity index (χ0) is 20.2. The number of rotatable bonds is 6. The number of nitrogens with zero attached hydrogens (tertiary/aromatic N) is 4. The SMILES string of the molecule is Cc1cc(-c2ncc(CCC(=O)c3ncc(-c4cccnc4)s3)cc2C)ccn1. The molecule has 144 valence electrons. The number of aryl methyl sites for hydroxylation is 3. The van der Waals surface area contributed by atoms with Gasteiger partial charge in [0, 0.05) is 54.2 Å². The van der Waals surface area contributed by atoms with E-state index in [0.717, 1.165) is 38.5 Å². The molecule has 0 radical (unpaired) electrons. The van der Waals surface area contributed by atoms with Gasteiger partial charge in [0.25, 0.3) is 0 Å². The number of pyridine rings is 3. The lowest BCUT2D eigenvalue weighted by Gasteiger charge is -2.08. The number of ketones is 1. The molecule has 0 aliphatic carbocycles. The predicted molar refractivity (Wildman–Crippen MR) is 115 cm³/mol. The number of carbonyl (C=O) groups is 1. The summed E-state index contributed by atoms with van der Waals surface area (Å²) < 4.78 is 0. The van der Waals surface area contributed by atoms with Gasteiger partial charge in [-0.05, 0) is 49.6 Å². The highest BCUT2D eigenvalue weighted by molar-refractivity contribution is 7.17. The van der Waals surface area contributed by atoms with Crippen LogP contribution in [-0.2, 0) is 6.42 Å². The van der Waals surface area contributed by atoms with Crippen molar-refractivity contribution >= 4 is 17.1 Å². The molecule has 0 unspecified atom stereocenters. The van der Waals surface area contributed by atoms with Crippen molar-refractivity contribution in [2.45, 2.75) is 26.7 Å². The van der Waals surface area contributed by atoms with Crippen LogP contribution in [-0.4, -0.2) is 25.7 Å². The molecule has 0 amide bonds. The molecular formula is C23H20N4OS. The van der Waals surface area contributed by atoms with Crippen LogP contribution in [0.5, 0.6) is 0 Å². The van der Waals surface area contributed by atoms with Crippen LogP contribution in [0.2, 0.25) is 0 Å². The summed E-state index contributed by atoms with van der Waals surface area (Å²) in [5, 5.41) is 0.539. The van der Waals surface area contributed by atoms with E-state index in [9.17, 15) is 4.79 Å². The van der Waals surface area contributed by atoms with Gasteiger partial charge in [-0.25, -0.2) is 4.98 Å². The van der Waals surface area contributed by atoms with Crippen LogP contribution in [0.3, 0.4) is 0 Å². The molecule has 4 aromatic heterocycles. The van der Waals surface area contributed by atoms with Gasteiger partial charge in [0.2, 0.25) is 0 Å². The van der Waals surface area contributed by atoms with Crippen molar-refractivity contribution in [2.75, 3.05) is 0 Å². The van der Waals surface area contributed by atoms with E-state index in [0.29, 0.717) is 17.8 Å². The van der Waals surface area contributed by atoms with Crippen molar-refractivity contribution in [1.82, 2.24) is 19.9 Å². The number of Topliss-reactive ketones (excluding diaryl/α,β-unsaturated/α-hetero) is 1. The second-order valence-corrected chi connectivity index (χ2v) is 7.92.